The van der Waals surface area contributed by atoms with Crippen LogP contribution in [0.15, 0.2) is 41.5 Å². The van der Waals surface area contributed by atoms with Gasteiger partial charge >= 0.3 is 0 Å². The fourth-order valence-corrected chi connectivity index (χ4v) is 2.86. The van der Waals surface area contributed by atoms with Gasteiger partial charge in [-0.05, 0) is 30.2 Å². The second-order valence-corrected chi connectivity index (χ2v) is 5.57. The number of fused-ring (bicyclic) bond motifs is 1. The number of pyridine rings is 1. The molecular weight excluding hydrogens is 242 g/mol. The van der Waals surface area contributed by atoms with Crippen molar-refractivity contribution in [3.05, 3.63) is 36.5 Å². The molecule has 92 valence electrons. The number of thioether (sulfide) groups is 1. The van der Waals surface area contributed by atoms with Crippen LogP contribution < -0.4 is 5.32 Å². The Bertz CT molecular complexity index is 589. The Hall–Kier alpha value is -1.55. The molecule has 2 aromatic rings. The van der Waals surface area contributed by atoms with Gasteiger partial charge in [0.2, 0.25) is 0 Å². The predicted octanol–water partition coefficient (Wildman–Crippen LogP) is 3.39. The summed E-state index contributed by atoms with van der Waals surface area (Å²) < 4.78 is 0. The summed E-state index contributed by atoms with van der Waals surface area (Å²) in [5, 5.41) is 5.58. The summed E-state index contributed by atoms with van der Waals surface area (Å²) in [6.07, 6.45) is 1.82. The van der Waals surface area contributed by atoms with E-state index in [1.54, 1.807) is 11.8 Å². The van der Waals surface area contributed by atoms with E-state index in [4.69, 9.17) is 0 Å². The smallest absolute Gasteiger partial charge is 0.161 e. The molecule has 0 bridgehead atoms. The molecule has 0 aliphatic carbocycles. The minimum Gasteiger partial charge on any atom is -0.334 e. The van der Waals surface area contributed by atoms with Gasteiger partial charge in [0.05, 0.1) is 5.52 Å². The van der Waals surface area contributed by atoms with Crippen LogP contribution in [0.1, 0.15) is 6.92 Å². The van der Waals surface area contributed by atoms with E-state index in [2.05, 4.69) is 34.3 Å². The third-order valence-electron chi connectivity index (χ3n) is 2.94. The lowest BCUT2D eigenvalue weighted by Crippen LogP contribution is -2.18. The summed E-state index contributed by atoms with van der Waals surface area (Å²) in [5.41, 5.74) is 2.10. The maximum Gasteiger partial charge on any atom is 0.161 e. The Balaban J connectivity index is 1.91. The number of aliphatic imine (C=N–C) groups is 1. The fourth-order valence-electron chi connectivity index (χ4n) is 1.96. The minimum atomic E-state index is 0.676. The van der Waals surface area contributed by atoms with E-state index >= 15 is 0 Å². The van der Waals surface area contributed by atoms with Gasteiger partial charge in [-0.3, -0.25) is 9.98 Å². The molecule has 1 aliphatic rings. The molecule has 1 atom stereocenters. The van der Waals surface area contributed by atoms with E-state index in [-0.39, 0.29) is 0 Å². The number of anilines is 1. The standard InChI is InChI=1S/C14H15N3S/c1-10-8-16-14(18-9-10)17-13-6-2-5-12-11(13)4-3-7-15-12/h2-7,10H,8-9H2,1H3,(H,16,17). The second kappa shape index (κ2) is 4.98. The van der Waals surface area contributed by atoms with E-state index in [1.807, 2.05) is 24.4 Å². The Morgan fingerprint density at radius 3 is 3.06 bits per heavy atom. The molecule has 2 heterocycles. The predicted molar refractivity (Wildman–Crippen MR) is 79.3 cm³/mol. The molecule has 0 saturated carbocycles. The number of hydrogen-bond donors (Lipinski definition) is 1. The highest BCUT2D eigenvalue weighted by atomic mass is 32.2. The van der Waals surface area contributed by atoms with Crippen molar-refractivity contribution in [2.75, 3.05) is 17.6 Å². The first kappa shape index (κ1) is 11.5. The van der Waals surface area contributed by atoms with Gasteiger partial charge in [-0.1, -0.05) is 24.8 Å². The molecule has 1 aliphatic heterocycles. The van der Waals surface area contributed by atoms with Gasteiger partial charge in [-0.25, -0.2) is 0 Å². The third-order valence-corrected chi connectivity index (χ3v) is 4.18. The number of nitrogens with zero attached hydrogens (tertiary/aromatic N) is 2. The normalized spacial score (nSPS) is 19.6. The van der Waals surface area contributed by atoms with Crippen molar-refractivity contribution in [2.24, 2.45) is 10.9 Å². The van der Waals surface area contributed by atoms with Gasteiger partial charge in [0, 0.05) is 29.6 Å². The van der Waals surface area contributed by atoms with Gasteiger partial charge in [-0.15, -0.1) is 0 Å². The number of hydrogen-bond acceptors (Lipinski definition) is 4. The largest absolute Gasteiger partial charge is 0.334 e. The first-order valence-corrected chi connectivity index (χ1v) is 7.09. The third kappa shape index (κ3) is 2.34. The van der Waals surface area contributed by atoms with Gasteiger partial charge in [-0.2, -0.15) is 0 Å². The molecule has 1 aromatic carbocycles. The highest BCUT2D eigenvalue weighted by Crippen LogP contribution is 2.24. The van der Waals surface area contributed by atoms with Crippen LogP contribution in [0.4, 0.5) is 5.69 Å². The summed E-state index contributed by atoms with van der Waals surface area (Å²) in [4.78, 5) is 8.92. The Morgan fingerprint density at radius 2 is 2.22 bits per heavy atom. The van der Waals surface area contributed by atoms with E-state index < -0.39 is 0 Å². The van der Waals surface area contributed by atoms with Crippen molar-refractivity contribution in [2.45, 2.75) is 6.92 Å². The van der Waals surface area contributed by atoms with Gasteiger partial charge in [0.15, 0.2) is 5.17 Å². The molecule has 1 unspecified atom stereocenters. The van der Waals surface area contributed by atoms with E-state index in [9.17, 15) is 0 Å². The van der Waals surface area contributed by atoms with Crippen LogP contribution in [0.5, 0.6) is 0 Å². The molecule has 0 amide bonds. The Kier molecular flexibility index (Phi) is 3.19. The molecule has 1 aromatic heterocycles. The lowest BCUT2D eigenvalue weighted by molar-refractivity contribution is 0.674. The average Bonchev–Trinajstić information content (AvgIpc) is 2.42. The lowest BCUT2D eigenvalue weighted by atomic mass is 10.2. The molecule has 18 heavy (non-hydrogen) atoms. The topological polar surface area (TPSA) is 37.3 Å². The highest BCUT2D eigenvalue weighted by molar-refractivity contribution is 8.14. The molecule has 0 saturated heterocycles. The van der Waals surface area contributed by atoms with Crippen LogP contribution >= 0.6 is 11.8 Å². The van der Waals surface area contributed by atoms with E-state index in [1.165, 1.54) is 0 Å². The van der Waals surface area contributed by atoms with Gasteiger partial charge in [0.1, 0.15) is 0 Å². The molecule has 3 nitrogen and oxygen atoms in total. The number of rotatable bonds is 1. The quantitative estimate of drug-likeness (QED) is 0.851. The monoisotopic (exact) mass is 257 g/mol. The number of amidine groups is 1. The maximum atomic E-state index is 4.56. The van der Waals surface area contributed by atoms with Crippen LogP contribution in [0, 0.1) is 5.92 Å². The van der Waals surface area contributed by atoms with Gasteiger partial charge < -0.3 is 5.32 Å². The summed E-state index contributed by atoms with van der Waals surface area (Å²) in [7, 11) is 0. The summed E-state index contributed by atoms with van der Waals surface area (Å²) in [5.74, 6) is 1.81. The van der Waals surface area contributed by atoms with Crippen molar-refractivity contribution in [1.29, 1.82) is 0 Å². The average molecular weight is 257 g/mol. The SMILES string of the molecule is CC1CN=C(Nc2cccc3ncccc23)SC1. The van der Waals surface area contributed by atoms with Crippen LogP contribution in [0.3, 0.4) is 0 Å². The summed E-state index contributed by atoms with van der Waals surface area (Å²) in [6.45, 7) is 3.15. The first-order chi connectivity index (χ1) is 8.83. The van der Waals surface area contributed by atoms with Crippen LogP contribution in [-0.4, -0.2) is 22.4 Å². The zero-order chi connectivity index (χ0) is 12.4. The van der Waals surface area contributed by atoms with Gasteiger partial charge in [0.25, 0.3) is 0 Å². The van der Waals surface area contributed by atoms with E-state index in [0.717, 1.165) is 34.1 Å². The fraction of sp³-hybridized carbons (Fsp3) is 0.286. The molecule has 4 heteroatoms. The maximum absolute atomic E-state index is 4.56. The molecule has 0 radical (unpaired) electrons. The van der Waals surface area contributed by atoms with Crippen molar-refractivity contribution in [3.63, 3.8) is 0 Å². The van der Waals surface area contributed by atoms with Crippen molar-refractivity contribution < 1.29 is 0 Å². The Labute approximate surface area is 111 Å². The molecule has 3 rings (SSSR count). The zero-order valence-corrected chi connectivity index (χ0v) is 11.1. The number of aromatic nitrogens is 1. The molecule has 1 N–H and O–H groups in total. The van der Waals surface area contributed by atoms with Crippen LogP contribution in [0.25, 0.3) is 10.9 Å². The molecule has 0 fully saturated rings. The lowest BCUT2D eigenvalue weighted by Gasteiger charge is -2.18. The van der Waals surface area contributed by atoms with Crippen molar-refractivity contribution in [3.8, 4) is 0 Å². The molecule has 0 spiro atoms. The van der Waals surface area contributed by atoms with Crippen molar-refractivity contribution in [1.82, 2.24) is 4.98 Å². The minimum absolute atomic E-state index is 0.676. The number of benzene rings is 1. The Morgan fingerprint density at radius 1 is 1.28 bits per heavy atom. The molecular formula is C14H15N3S. The van der Waals surface area contributed by atoms with E-state index in [0.29, 0.717) is 5.92 Å². The first-order valence-electron chi connectivity index (χ1n) is 6.11. The van der Waals surface area contributed by atoms with Crippen molar-refractivity contribution >= 4 is 33.5 Å². The summed E-state index contributed by atoms with van der Waals surface area (Å²) >= 11 is 1.79. The summed E-state index contributed by atoms with van der Waals surface area (Å²) in [6, 6.07) is 10.2. The second-order valence-electron chi connectivity index (χ2n) is 4.56. The van der Waals surface area contributed by atoms with Crippen LogP contribution in [0.2, 0.25) is 0 Å². The zero-order valence-electron chi connectivity index (χ0n) is 10.3. The highest BCUT2D eigenvalue weighted by Gasteiger charge is 2.12. The number of nitrogens with one attached hydrogen (secondary N) is 1. The van der Waals surface area contributed by atoms with Crippen LogP contribution in [-0.2, 0) is 0 Å².